The van der Waals surface area contributed by atoms with Crippen LogP contribution in [-0.2, 0) is 14.3 Å². The summed E-state index contributed by atoms with van der Waals surface area (Å²) < 4.78 is 11.4. The number of carbonyl (C=O) groups excluding carboxylic acids is 1. The molecule has 22 heavy (non-hydrogen) atoms. The van der Waals surface area contributed by atoms with Crippen molar-refractivity contribution in [2.75, 3.05) is 38.2 Å². The molecule has 2 heterocycles. The molecule has 0 bridgehead atoms. The van der Waals surface area contributed by atoms with Gasteiger partial charge in [0.15, 0.2) is 5.79 Å². The highest BCUT2D eigenvalue weighted by Gasteiger charge is 2.39. The Hall–Kier alpha value is -1.43. The van der Waals surface area contributed by atoms with Crippen molar-refractivity contribution in [1.29, 1.82) is 0 Å². The molecule has 120 valence electrons. The molecular weight excluding hydrogens is 280 g/mol. The molecule has 5 heteroatoms. The van der Waals surface area contributed by atoms with E-state index in [0.717, 1.165) is 43.7 Å². The van der Waals surface area contributed by atoms with Crippen molar-refractivity contribution < 1.29 is 14.3 Å². The maximum atomic E-state index is 12.0. The first kappa shape index (κ1) is 15.5. The summed E-state index contributed by atoms with van der Waals surface area (Å²) >= 11 is 0. The Balaban J connectivity index is 1.40. The lowest BCUT2D eigenvalue weighted by Crippen LogP contribution is -2.45. The average molecular weight is 304 g/mol. The summed E-state index contributed by atoms with van der Waals surface area (Å²) in [6, 6.07) is 7.88. The smallest absolute Gasteiger partial charge is 0.225 e. The van der Waals surface area contributed by atoms with Crippen molar-refractivity contribution in [2.45, 2.75) is 32.0 Å². The van der Waals surface area contributed by atoms with E-state index in [2.05, 4.69) is 10.2 Å². The second-order valence-corrected chi connectivity index (χ2v) is 6.12. The molecule has 0 saturated carbocycles. The van der Waals surface area contributed by atoms with Crippen molar-refractivity contribution >= 4 is 11.6 Å². The van der Waals surface area contributed by atoms with Gasteiger partial charge in [-0.1, -0.05) is 12.1 Å². The van der Waals surface area contributed by atoms with Crippen LogP contribution in [0.25, 0.3) is 0 Å². The number of nitrogens with one attached hydrogen (secondary N) is 1. The molecule has 1 aromatic rings. The van der Waals surface area contributed by atoms with Gasteiger partial charge in [-0.3, -0.25) is 4.79 Å². The Morgan fingerprint density at radius 1 is 1.27 bits per heavy atom. The largest absolute Gasteiger partial charge is 0.347 e. The molecule has 1 N–H and O–H groups in total. The van der Waals surface area contributed by atoms with Gasteiger partial charge in [0.05, 0.1) is 13.2 Å². The van der Waals surface area contributed by atoms with Crippen molar-refractivity contribution in [3.05, 3.63) is 29.8 Å². The zero-order chi connectivity index (χ0) is 15.4. The number of likely N-dealkylation sites (tertiary alicyclic amines) is 1. The van der Waals surface area contributed by atoms with Crippen molar-refractivity contribution in [2.24, 2.45) is 0 Å². The van der Waals surface area contributed by atoms with Gasteiger partial charge in [-0.25, -0.2) is 0 Å². The Kier molecular flexibility index (Phi) is 4.76. The lowest BCUT2D eigenvalue weighted by atomic mass is 10.0. The zero-order valence-corrected chi connectivity index (χ0v) is 13.1. The van der Waals surface area contributed by atoms with E-state index in [9.17, 15) is 4.79 Å². The molecule has 2 aliphatic heterocycles. The predicted octanol–water partition coefficient (Wildman–Crippen LogP) is 2.16. The maximum Gasteiger partial charge on any atom is 0.225 e. The molecule has 1 spiro atoms. The summed E-state index contributed by atoms with van der Waals surface area (Å²) in [4.78, 5) is 14.3. The van der Waals surface area contributed by atoms with Gasteiger partial charge in [-0.05, 0) is 24.6 Å². The van der Waals surface area contributed by atoms with Gasteiger partial charge in [0, 0.05) is 44.6 Å². The number of rotatable bonds is 4. The van der Waals surface area contributed by atoms with Crippen molar-refractivity contribution in [3.63, 3.8) is 0 Å². The molecule has 1 aromatic carbocycles. The summed E-state index contributed by atoms with van der Waals surface area (Å²) in [6.07, 6.45) is 2.31. The highest BCUT2D eigenvalue weighted by molar-refractivity contribution is 5.90. The Morgan fingerprint density at radius 2 is 2.00 bits per heavy atom. The first-order valence-electron chi connectivity index (χ1n) is 8.02. The standard InChI is InChI=1S/C17H24N2O3/c1-14-3-2-4-15(13-14)18-16(20)5-8-19-9-6-17(7-10-19)21-11-12-22-17/h2-4,13H,5-12H2,1H3,(H,18,20). The molecular formula is C17H24N2O3. The molecule has 3 rings (SSSR count). The van der Waals surface area contributed by atoms with Gasteiger partial charge in [-0.15, -0.1) is 0 Å². The van der Waals surface area contributed by atoms with Crippen LogP contribution < -0.4 is 5.32 Å². The minimum atomic E-state index is -0.333. The molecule has 5 nitrogen and oxygen atoms in total. The molecule has 0 aliphatic carbocycles. The lowest BCUT2D eigenvalue weighted by Gasteiger charge is -2.37. The number of carbonyl (C=O) groups is 1. The van der Waals surface area contributed by atoms with Crippen molar-refractivity contribution in [3.8, 4) is 0 Å². The quantitative estimate of drug-likeness (QED) is 0.926. The second-order valence-electron chi connectivity index (χ2n) is 6.12. The van der Waals surface area contributed by atoms with E-state index in [1.807, 2.05) is 31.2 Å². The fraction of sp³-hybridized carbons (Fsp3) is 0.588. The van der Waals surface area contributed by atoms with Gasteiger partial charge in [-0.2, -0.15) is 0 Å². The van der Waals surface area contributed by atoms with Crippen LogP contribution in [0.3, 0.4) is 0 Å². The fourth-order valence-electron chi connectivity index (χ4n) is 3.11. The van der Waals surface area contributed by atoms with Crippen molar-refractivity contribution in [1.82, 2.24) is 4.90 Å². The molecule has 0 unspecified atom stereocenters. The predicted molar refractivity (Wildman–Crippen MR) is 84.7 cm³/mol. The number of anilines is 1. The van der Waals surface area contributed by atoms with E-state index in [4.69, 9.17) is 9.47 Å². The molecule has 2 aliphatic rings. The number of piperidine rings is 1. The Bertz CT molecular complexity index is 516. The monoisotopic (exact) mass is 304 g/mol. The van der Waals surface area contributed by atoms with E-state index < -0.39 is 0 Å². The number of hydrogen-bond donors (Lipinski definition) is 1. The average Bonchev–Trinajstić information content (AvgIpc) is 2.95. The Labute approximate surface area is 131 Å². The molecule has 2 fully saturated rings. The summed E-state index contributed by atoms with van der Waals surface area (Å²) in [6.45, 7) is 6.08. The van der Waals surface area contributed by atoms with E-state index in [1.165, 1.54) is 0 Å². The molecule has 2 saturated heterocycles. The maximum absolute atomic E-state index is 12.0. The molecule has 0 atom stereocenters. The number of benzene rings is 1. The van der Waals surface area contributed by atoms with Crippen LogP contribution in [0.5, 0.6) is 0 Å². The van der Waals surface area contributed by atoms with Gasteiger partial charge in [0.1, 0.15) is 0 Å². The normalized spacial score (nSPS) is 21.1. The van der Waals surface area contributed by atoms with E-state index in [0.29, 0.717) is 19.6 Å². The number of ether oxygens (including phenoxy) is 2. The number of amides is 1. The van der Waals surface area contributed by atoms with Crippen LogP contribution in [0.1, 0.15) is 24.8 Å². The fourth-order valence-corrected chi connectivity index (χ4v) is 3.11. The summed E-state index contributed by atoms with van der Waals surface area (Å²) in [5.74, 6) is -0.264. The molecule has 0 radical (unpaired) electrons. The van der Waals surface area contributed by atoms with Gasteiger partial charge >= 0.3 is 0 Å². The number of aryl methyl sites for hydroxylation is 1. The highest BCUT2D eigenvalue weighted by Crippen LogP contribution is 2.31. The second kappa shape index (κ2) is 6.77. The van der Waals surface area contributed by atoms with Gasteiger partial charge in [0.2, 0.25) is 5.91 Å². The highest BCUT2D eigenvalue weighted by atomic mass is 16.7. The summed E-state index contributed by atoms with van der Waals surface area (Å²) in [7, 11) is 0. The minimum absolute atomic E-state index is 0.0688. The van der Waals surface area contributed by atoms with E-state index in [1.54, 1.807) is 0 Å². The topological polar surface area (TPSA) is 50.8 Å². The van der Waals surface area contributed by atoms with Crippen LogP contribution in [0.4, 0.5) is 5.69 Å². The summed E-state index contributed by atoms with van der Waals surface area (Å²) in [5.41, 5.74) is 2.02. The first-order chi connectivity index (χ1) is 10.7. The molecule has 1 amide bonds. The van der Waals surface area contributed by atoms with Gasteiger partial charge < -0.3 is 19.7 Å². The zero-order valence-electron chi connectivity index (χ0n) is 13.1. The van der Waals surface area contributed by atoms with E-state index >= 15 is 0 Å². The van der Waals surface area contributed by atoms with Gasteiger partial charge in [0.25, 0.3) is 0 Å². The van der Waals surface area contributed by atoms with Crippen LogP contribution in [-0.4, -0.2) is 49.4 Å². The van der Waals surface area contributed by atoms with Crippen LogP contribution in [0.15, 0.2) is 24.3 Å². The third kappa shape index (κ3) is 3.85. The minimum Gasteiger partial charge on any atom is -0.347 e. The van der Waals surface area contributed by atoms with E-state index in [-0.39, 0.29) is 11.7 Å². The van der Waals surface area contributed by atoms with Crippen LogP contribution in [0, 0.1) is 6.92 Å². The first-order valence-corrected chi connectivity index (χ1v) is 8.02. The lowest BCUT2D eigenvalue weighted by molar-refractivity contribution is -0.185. The third-order valence-electron chi connectivity index (χ3n) is 4.39. The Morgan fingerprint density at radius 3 is 2.68 bits per heavy atom. The summed E-state index contributed by atoms with van der Waals surface area (Å²) in [5, 5.41) is 2.96. The number of hydrogen-bond acceptors (Lipinski definition) is 4. The molecule has 0 aromatic heterocycles. The third-order valence-corrected chi connectivity index (χ3v) is 4.39. The number of nitrogens with zero attached hydrogens (tertiary/aromatic N) is 1. The SMILES string of the molecule is Cc1cccc(NC(=O)CCN2CCC3(CC2)OCCO3)c1. The van der Waals surface area contributed by atoms with Crippen LogP contribution in [0.2, 0.25) is 0 Å². The van der Waals surface area contributed by atoms with Crippen LogP contribution >= 0.6 is 0 Å².